The Morgan fingerprint density at radius 2 is 1.88 bits per heavy atom. The largest absolute Gasteiger partial charge is 0.449 e. The molecule has 0 heterocycles. The molecule has 16 heavy (non-hydrogen) atoms. The molecule has 0 radical (unpaired) electrons. The first-order valence-electron chi connectivity index (χ1n) is 5.04. The lowest BCUT2D eigenvalue weighted by atomic mass is 10.0. The smallest absolute Gasteiger partial charge is 0.404 e. The number of rotatable bonds is 2. The molecule has 1 aromatic rings. The highest BCUT2D eigenvalue weighted by atomic mass is 35.5. The van der Waals surface area contributed by atoms with E-state index in [4.69, 9.17) is 27.9 Å². The van der Waals surface area contributed by atoms with E-state index in [0.717, 1.165) is 5.56 Å². The van der Waals surface area contributed by atoms with Crippen molar-refractivity contribution >= 4 is 28.6 Å². The van der Waals surface area contributed by atoms with Gasteiger partial charge in [0.25, 0.3) is 0 Å². The maximum Gasteiger partial charge on any atom is 0.404 e. The Morgan fingerprint density at radius 3 is 2.38 bits per heavy atom. The van der Waals surface area contributed by atoms with Gasteiger partial charge in [0, 0.05) is 28.0 Å². The molecule has 2 nitrogen and oxygen atoms in total. The molecular weight excluding hydrogens is 247 g/mol. The van der Waals surface area contributed by atoms with Crippen LogP contribution in [0.4, 0.5) is 4.79 Å². The minimum atomic E-state index is -0.741. The normalized spacial score (nSPS) is 26.2. The van der Waals surface area contributed by atoms with E-state index in [1.807, 2.05) is 24.3 Å². The molecule has 0 bridgehead atoms. The standard InChI is InChI=1S/C12H12Cl2O2/c1-12(2)9(10(12)16-11(14)15)7-3-5-8(13)6-4-7/h3-6,9-10H,1-2H3. The summed E-state index contributed by atoms with van der Waals surface area (Å²) in [6, 6.07) is 7.59. The number of carbonyl (C=O) groups is 1. The minimum absolute atomic E-state index is 0.0572. The number of hydrogen-bond donors (Lipinski definition) is 0. The molecule has 0 aliphatic heterocycles. The van der Waals surface area contributed by atoms with E-state index < -0.39 is 5.43 Å². The second-order valence-electron chi connectivity index (χ2n) is 4.63. The van der Waals surface area contributed by atoms with Gasteiger partial charge < -0.3 is 4.74 Å². The lowest BCUT2D eigenvalue weighted by Crippen LogP contribution is -2.03. The van der Waals surface area contributed by atoms with Crippen molar-refractivity contribution < 1.29 is 9.53 Å². The van der Waals surface area contributed by atoms with Crippen LogP contribution in [0.3, 0.4) is 0 Å². The van der Waals surface area contributed by atoms with Crippen molar-refractivity contribution in [1.82, 2.24) is 0 Å². The topological polar surface area (TPSA) is 26.3 Å². The second kappa shape index (κ2) is 3.94. The Morgan fingerprint density at radius 1 is 1.31 bits per heavy atom. The van der Waals surface area contributed by atoms with Gasteiger partial charge in [0.05, 0.1) is 0 Å². The van der Waals surface area contributed by atoms with E-state index in [1.165, 1.54) is 0 Å². The SMILES string of the molecule is CC1(C)C(OC(=O)Cl)C1c1ccc(Cl)cc1. The van der Waals surface area contributed by atoms with Crippen molar-refractivity contribution in [1.29, 1.82) is 0 Å². The number of hydrogen-bond acceptors (Lipinski definition) is 2. The van der Waals surface area contributed by atoms with Crippen LogP contribution in [0.25, 0.3) is 0 Å². The highest BCUT2D eigenvalue weighted by molar-refractivity contribution is 6.61. The summed E-state index contributed by atoms with van der Waals surface area (Å²) in [7, 11) is 0. The van der Waals surface area contributed by atoms with Crippen LogP contribution in [0.5, 0.6) is 0 Å². The zero-order chi connectivity index (χ0) is 11.9. The fraction of sp³-hybridized carbons (Fsp3) is 0.417. The number of benzene rings is 1. The van der Waals surface area contributed by atoms with Crippen LogP contribution in [-0.2, 0) is 4.74 Å². The van der Waals surface area contributed by atoms with E-state index in [9.17, 15) is 4.79 Å². The van der Waals surface area contributed by atoms with Crippen molar-refractivity contribution in [2.45, 2.75) is 25.9 Å². The Labute approximate surface area is 104 Å². The van der Waals surface area contributed by atoms with Gasteiger partial charge in [0.15, 0.2) is 0 Å². The number of halogens is 2. The Bertz CT molecular complexity index is 412. The molecule has 0 amide bonds. The first-order valence-corrected chi connectivity index (χ1v) is 5.80. The molecule has 2 atom stereocenters. The Kier molecular flexibility index (Phi) is 2.89. The monoisotopic (exact) mass is 258 g/mol. The summed E-state index contributed by atoms with van der Waals surface area (Å²) in [5.74, 6) is 0.201. The molecule has 2 rings (SSSR count). The number of carbonyl (C=O) groups excluding carboxylic acids is 1. The molecule has 86 valence electrons. The lowest BCUT2D eigenvalue weighted by Gasteiger charge is -2.01. The Hall–Kier alpha value is -0.730. The van der Waals surface area contributed by atoms with Gasteiger partial charge >= 0.3 is 5.43 Å². The van der Waals surface area contributed by atoms with E-state index in [2.05, 4.69) is 13.8 Å². The molecule has 4 heteroatoms. The molecule has 1 aromatic carbocycles. The molecule has 1 fully saturated rings. The molecule has 1 aliphatic rings. The first-order chi connectivity index (χ1) is 7.43. The average Bonchev–Trinajstić information content (AvgIpc) is 2.69. The Balaban J connectivity index is 2.17. The summed E-state index contributed by atoms with van der Waals surface area (Å²) in [6.07, 6.45) is -0.140. The quantitative estimate of drug-likeness (QED) is 0.743. The summed E-state index contributed by atoms with van der Waals surface area (Å²) in [5.41, 5.74) is 0.324. The molecule has 0 saturated heterocycles. The number of ether oxygens (including phenoxy) is 1. The predicted molar refractivity (Wildman–Crippen MR) is 64.1 cm³/mol. The van der Waals surface area contributed by atoms with Gasteiger partial charge in [0.2, 0.25) is 0 Å². The highest BCUT2D eigenvalue weighted by Gasteiger charge is 2.61. The van der Waals surface area contributed by atoms with Crippen molar-refractivity contribution in [3.8, 4) is 0 Å². The summed E-state index contributed by atoms with van der Waals surface area (Å²) >= 11 is 11.1. The third-order valence-corrected chi connectivity index (χ3v) is 3.52. The van der Waals surface area contributed by atoms with Crippen LogP contribution in [0.2, 0.25) is 5.02 Å². The van der Waals surface area contributed by atoms with Crippen LogP contribution >= 0.6 is 23.2 Å². The van der Waals surface area contributed by atoms with Gasteiger partial charge in [-0.1, -0.05) is 37.6 Å². The average molecular weight is 259 g/mol. The molecule has 1 saturated carbocycles. The van der Waals surface area contributed by atoms with E-state index in [-0.39, 0.29) is 17.4 Å². The van der Waals surface area contributed by atoms with Crippen LogP contribution in [-0.4, -0.2) is 11.5 Å². The molecule has 0 N–H and O–H groups in total. The summed E-state index contributed by atoms with van der Waals surface area (Å²) in [4.78, 5) is 10.7. The molecule has 0 aromatic heterocycles. The zero-order valence-electron chi connectivity index (χ0n) is 9.04. The van der Waals surface area contributed by atoms with Crippen LogP contribution in [0.15, 0.2) is 24.3 Å². The zero-order valence-corrected chi connectivity index (χ0v) is 10.5. The maximum atomic E-state index is 10.7. The van der Waals surface area contributed by atoms with Crippen LogP contribution < -0.4 is 0 Å². The highest BCUT2D eigenvalue weighted by Crippen LogP contribution is 2.60. The summed E-state index contributed by atoms with van der Waals surface area (Å²) in [5, 5.41) is 0.702. The van der Waals surface area contributed by atoms with Crippen molar-refractivity contribution in [3.05, 3.63) is 34.9 Å². The first kappa shape index (κ1) is 11.7. The third kappa shape index (κ3) is 2.04. The van der Waals surface area contributed by atoms with Crippen LogP contribution in [0.1, 0.15) is 25.3 Å². The van der Waals surface area contributed by atoms with Gasteiger partial charge in [-0.15, -0.1) is 0 Å². The third-order valence-electron chi connectivity index (χ3n) is 3.18. The molecule has 0 spiro atoms. The van der Waals surface area contributed by atoms with Crippen molar-refractivity contribution in [2.24, 2.45) is 5.41 Å². The van der Waals surface area contributed by atoms with Gasteiger partial charge in [0.1, 0.15) is 6.10 Å². The van der Waals surface area contributed by atoms with Gasteiger partial charge in [-0.25, -0.2) is 4.79 Å². The lowest BCUT2D eigenvalue weighted by molar-refractivity contribution is 0.150. The van der Waals surface area contributed by atoms with Gasteiger partial charge in [-0.05, 0) is 17.7 Å². The molecule has 1 aliphatic carbocycles. The predicted octanol–water partition coefficient (Wildman–Crippen LogP) is 4.21. The van der Waals surface area contributed by atoms with E-state index in [0.29, 0.717) is 5.02 Å². The fourth-order valence-corrected chi connectivity index (χ4v) is 2.41. The molecule has 2 unspecified atom stereocenters. The second-order valence-corrected chi connectivity index (χ2v) is 5.37. The minimum Gasteiger partial charge on any atom is -0.449 e. The van der Waals surface area contributed by atoms with Gasteiger partial charge in [-0.2, -0.15) is 0 Å². The maximum absolute atomic E-state index is 10.7. The summed E-state index contributed by atoms with van der Waals surface area (Å²) in [6.45, 7) is 4.10. The molecular formula is C12H12Cl2O2. The van der Waals surface area contributed by atoms with E-state index >= 15 is 0 Å². The van der Waals surface area contributed by atoms with Crippen molar-refractivity contribution in [2.75, 3.05) is 0 Å². The van der Waals surface area contributed by atoms with Gasteiger partial charge in [-0.3, -0.25) is 0 Å². The van der Waals surface area contributed by atoms with Crippen molar-refractivity contribution in [3.63, 3.8) is 0 Å². The summed E-state index contributed by atoms with van der Waals surface area (Å²) < 4.78 is 5.07. The van der Waals surface area contributed by atoms with E-state index in [1.54, 1.807) is 0 Å². The fourth-order valence-electron chi connectivity index (χ4n) is 2.19. The van der Waals surface area contributed by atoms with Crippen LogP contribution in [0, 0.1) is 5.41 Å².